The van der Waals surface area contributed by atoms with Gasteiger partial charge < -0.3 is 10.1 Å². The van der Waals surface area contributed by atoms with E-state index >= 15 is 0 Å². The molecular formula is C25H27N7O4S. The lowest BCUT2D eigenvalue weighted by molar-refractivity contribution is 0.397. The molecule has 0 spiro atoms. The van der Waals surface area contributed by atoms with Crippen LogP contribution in [0.1, 0.15) is 49.9 Å². The quantitative estimate of drug-likeness (QED) is 0.367. The normalized spacial score (nSPS) is 13.8. The summed E-state index contributed by atoms with van der Waals surface area (Å²) < 4.78 is 30.5. The molecule has 1 aliphatic rings. The van der Waals surface area contributed by atoms with Gasteiger partial charge in [-0.1, -0.05) is 12.1 Å². The fourth-order valence-corrected chi connectivity index (χ4v) is 4.80. The predicted molar refractivity (Wildman–Crippen MR) is 138 cm³/mol. The molecule has 0 atom stereocenters. The van der Waals surface area contributed by atoms with Crippen molar-refractivity contribution in [2.45, 2.75) is 50.1 Å². The molecule has 1 fully saturated rings. The molecule has 4 aromatic rings. The molecule has 5 rings (SSSR count). The average Bonchev–Trinajstić information content (AvgIpc) is 3.72. The highest BCUT2D eigenvalue weighted by Gasteiger charge is 2.31. The fourth-order valence-electron chi connectivity index (χ4n) is 4.17. The largest absolute Gasteiger partial charge is 0.480 e. The molecule has 1 aromatic carbocycles. The first-order valence-corrected chi connectivity index (χ1v) is 13.8. The van der Waals surface area contributed by atoms with Gasteiger partial charge in [0.15, 0.2) is 27.1 Å². The zero-order valence-corrected chi connectivity index (χ0v) is 21.8. The van der Waals surface area contributed by atoms with E-state index in [0.717, 1.165) is 30.4 Å². The number of anilines is 1. The van der Waals surface area contributed by atoms with Gasteiger partial charge in [-0.25, -0.2) is 33.3 Å². The van der Waals surface area contributed by atoms with Crippen LogP contribution in [0.5, 0.6) is 5.88 Å². The molecule has 0 aliphatic heterocycles. The molecule has 0 unspecified atom stereocenters. The third-order valence-corrected chi connectivity index (χ3v) is 7.31. The number of ether oxygens (including phenoxy) is 1. The van der Waals surface area contributed by atoms with E-state index in [9.17, 15) is 13.2 Å². The van der Waals surface area contributed by atoms with E-state index < -0.39 is 9.84 Å². The van der Waals surface area contributed by atoms with E-state index in [1.807, 2.05) is 13.8 Å². The summed E-state index contributed by atoms with van der Waals surface area (Å²) in [6.45, 7) is 4.09. The Bertz CT molecular complexity index is 1650. The van der Waals surface area contributed by atoms with Crippen molar-refractivity contribution >= 4 is 26.8 Å². The molecule has 0 radical (unpaired) electrons. The van der Waals surface area contributed by atoms with Gasteiger partial charge in [-0.15, -0.1) is 0 Å². The van der Waals surface area contributed by atoms with Crippen molar-refractivity contribution < 1.29 is 13.2 Å². The smallest absolute Gasteiger partial charge is 0.295 e. The first kappa shape index (κ1) is 24.8. The van der Waals surface area contributed by atoms with Gasteiger partial charge in [-0.2, -0.15) is 0 Å². The second-order valence-corrected chi connectivity index (χ2v) is 11.3. The number of hydrogen-bond donors (Lipinski definition) is 1. The number of aromatic nitrogens is 6. The van der Waals surface area contributed by atoms with Crippen molar-refractivity contribution in [3.05, 3.63) is 58.4 Å². The Balaban J connectivity index is 1.54. The second-order valence-electron chi connectivity index (χ2n) is 9.32. The van der Waals surface area contributed by atoms with Crippen molar-refractivity contribution in [2.24, 2.45) is 0 Å². The van der Waals surface area contributed by atoms with Crippen LogP contribution in [0.2, 0.25) is 0 Å². The maximum absolute atomic E-state index is 13.4. The summed E-state index contributed by atoms with van der Waals surface area (Å²) in [5.74, 6) is 1.25. The molecule has 3 heterocycles. The summed E-state index contributed by atoms with van der Waals surface area (Å²) in [6, 6.07) is 6.28. The van der Waals surface area contributed by atoms with Crippen LogP contribution in [0.3, 0.4) is 0 Å². The Morgan fingerprint density at radius 3 is 2.46 bits per heavy atom. The number of nitrogens with zero attached hydrogens (tertiary/aromatic N) is 6. The molecule has 1 aliphatic carbocycles. The minimum Gasteiger partial charge on any atom is -0.480 e. The lowest BCUT2D eigenvalue weighted by Gasteiger charge is -2.16. The van der Waals surface area contributed by atoms with Gasteiger partial charge >= 0.3 is 0 Å². The van der Waals surface area contributed by atoms with E-state index in [-0.39, 0.29) is 28.9 Å². The minimum absolute atomic E-state index is 0.157. The zero-order valence-electron chi connectivity index (χ0n) is 21.0. The average molecular weight is 522 g/mol. The predicted octanol–water partition coefficient (Wildman–Crippen LogP) is 3.13. The maximum Gasteiger partial charge on any atom is 0.295 e. The maximum atomic E-state index is 13.4. The SMILES string of the molecule is COc1ncnc(C2CC2)c1-c1ncc2nc(NCc3ccc(S(C)(=O)=O)cc3)c(=O)n(C(C)C)c2n1. The fraction of sp³-hybridized carbons (Fsp3) is 0.360. The van der Waals surface area contributed by atoms with Crippen LogP contribution in [0, 0.1) is 0 Å². The highest BCUT2D eigenvalue weighted by molar-refractivity contribution is 7.90. The third kappa shape index (κ3) is 4.88. The molecule has 12 heteroatoms. The van der Waals surface area contributed by atoms with Crippen molar-refractivity contribution in [1.82, 2.24) is 29.5 Å². The van der Waals surface area contributed by atoms with Crippen molar-refractivity contribution in [2.75, 3.05) is 18.7 Å². The third-order valence-electron chi connectivity index (χ3n) is 6.18. The van der Waals surface area contributed by atoms with Gasteiger partial charge in [0.05, 0.1) is 23.9 Å². The first-order chi connectivity index (χ1) is 17.7. The number of rotatable bonds is 8. The van der Waals surface area contributed by atoms with Crippen LogP contribution in [-0.2, 0) is 16.4 Å². The molecule has 3 aromatic heterocycles. The Morgan fingerprint density at radius 1 is 1.11 bits per heavy atom. The van der Waals surface area contributed by atoms with Crippen LogP contribution >= 0.6 is 0 Å². The van der Waals surface area contributed by atoms with Gasteiger partial charge in [0.2, 0.25) is 5.88 Å². The molecular weight excluding hydrogens is 494 g/mol. The zero-order chi connectivity index (χ0) is 26.3. The first-order valence-electron chi connectivity index (χ1n) is 11.9. The molecule has 1 saturated carbocycles. The van der Waals surface area contributed by atoms with Crippen molar-refractivity contribution in [1.29, 1.82) is 0 Å². The molecule has 192 valence electrons. The monoisotopic (exact) mass is 521 g/mol. The Hall–Kier alpha value is -3.93. The van der Waals surface area contributed by atoms with Crippen LogP contribution in [-0.4, -0.2) is 51.3 Å². The van der Waals surface area contributed by atoms with Crippen molar-refractivity contribution in [3.8, 4) is 17.3 Å². The summed E-state index contributed by atoms with van der Waals surface area (Å²) in [6.07, 6.45) is 6.30. The summed E-state index contributed by atoms with van der Waals surface area (Å²) in [4.78, 5) is 36.2. The van der Waals surface area contributed by atoms with E-state index in [1.165, 1.54) is 6.33 Å². The van der Waals surface area contributed by atoms with E-state index in [2.05, 4.69) is 25.3 Å². The minimum atomic E-state index is -3.28. The van der Waals surface area contributed by atoms with Crippen LogP contribution in [0.4, 0.5) is 5.82 Å². The number of nitrogens with one attached hydrogen (secondary N) is 1. The van der Waals surface area contributed by atoms with Gasteiger partial charge in [0.1, 0.15) is 17.4 Å². The van der Waals surface area contributed by atoms with Crippen molar-refractivity contribution in [3.63, 3.8) is 0 Å². The Kier molecular flexibility index (Phi) is 6.36. The lowest BCUT2D eigenvalue weighted by Crippen LogP contribution is -2.27. The van der Waals surface area contributed by atoms with Gasteiger partial charge in [0, 0.05) is 24.8 Å². The van der Waals surface area contributed by atoms with E-state index in [0.29, 0.717) is 34.3 Å². The number of sulfone groups is 1. The molecule has 0 saturated heterocycles. The highest BCUT2D eigenvalue weighted by atomic mass is 32.2. The van der Waals surface area contributed by atoms with Crippen LogP contribution in [0.25, 0.3) is 22.6 Å². The van der Waals surface area contributed by atoms with E-state index in [4.69, 9.17) is 9.72 Å². The summed E-state index contributed by atoms with van der Waals surface area (Å²) in [7, 11) is -1.74. The Morgan fingerprint density at radius 2 is 1.84 bits per heavy atom. The lowest BCUT2D eigenvalue weighted by atomic mass is 10.1. The van der Waals surface area contributed by atoms with Gasteiger partial charge in [-0.3, -0.25) is 9.36 Å². The van der Waals surface area contributed by atoms with Gasteiger partial charge in [-0.05, 0) is 44.4 Å². The van der Waals surface area contributed by atoms with Gasteiger partial charge in [0.25, 0.3) is 5.56 Å². The molecule has 11 nitrogen and oxygen atoms in total. The number of methoxy groups -OCH3 is 1. The number of hydrogen-bond acceptors (Lipinski definition) is 10. The van der Waals surface area contributed by atoms with Crippen LogP contribution < -0.4 is 15.6 Å². The summed E-state index contributed by atoms with van der Waals surface area (Å²) in [5.41, 5.74) is 2.82. The second kappa shape index (κ2) is 9.51. The standard InChI is InChI=1S/C25H27N7O4S/c1-14(2)32-23-18(12-27-21(31-23)19-20(16-7-8-16)28-13-29-24(19)36-3)30-22(25(32)33)26-11-15-5-9-17(10-6-15)37(4,34)35/h5-6,9-10,12-14,16H,7-8,11H2,1-4H3,(H,26,30). The molecule has 0 bridgehead atoms. The van der Waals surface area contributed by atoms with E-state index in [1.54, 1.807) is 42.1 Å². The summed E-state index contributed by atoms with van der Waals surface area (Å²) >= 11 is 0. The summed E-state index contributed by atoms with van der Waals surface area (Å²) in [5, 5.41) is 3.08. The molecule has 37 heavy (non-hydrogen) atoms. The highest BCUT2D eigenvalue weighted by Crippen LogP contribution is 2.44. The molecule has 0 amide bonds. The number of fused-ring (bicyclic) bond motifs is 1. The van der Waals surface area contributed by atoms with Crippen LogP contribution in [0.15, 0.2) is 46.5 Å². The Labute approximate surface area is 213 Å². The molecule has 1 N–H and O–H groups in total. The number of benzene rings is 1. The topological polar surface area (TPSA) is 142 Å².